The molecule has 1 aromatic heterocycles. The zero-order valence-electron chi connectivity index (χ0n) is 21.4. The van der Waals surface area contributed by atoms with E-state index in [4.69, 9.17) is 0 Å². The first kappa shape index (κ1) is 25.4. The highest BCUT2D eigenvalue weighted by atomic mass is 32.2. The van der Waals surface area contributed by atoms with Crippen LogP contribution in [0, 0.1) is 6.92 Å². The number of aryl methyl sites for hydroxylation is 1. The lowest BCUT2D eigenvalue weighted by Crippen LogP contribution is -2.56. The van der Waals surface area contributed by atoms with Crippen LogP contribution in [0.3, 0.4) is 0 Å². The molecule has 1 atom stereocenters. The second-order valence-electron chi connectivity index (χ2n) is 9.52. The number of nitrogens with one attached hydrogen (secondary N) is 3. The number of H-pyrrole nitrogens is 1. The van der Waals surface area contributed by atoms with Crippen LogP contribution in [0.5, 0.6) is 5.75 Å². The summed E-state index contributed by atoms with van der Waals surface area (Å²) in [6.45, 7) is 7.15. The number of thioether (sulfide) groups is 1. The number of aldehydes is 1. The minimum Gasteiger partial charge on any atom is -0.506 e. The Balaban J connectivity index is 1.11. The molecule has 0 aliphatic carbocycles. The minimum atomic E-state index is -0.900. The van der Waals surface area contributed by atoms with Crippen molar-refractivity contribution in [2.45, 2.75) is 43.1 Å². The lowest BCUT2D eigenvalue weighted by Gasteiger charge is -2.34. The first-order chi connectivity index (χ1) is 18.0. The Bertz CT molecular complexity index is 1380. The first-order valence-electron chi connectivity index (χ1n) is 12.9. The first-order valence-corrected chi connectivity index (χ1v) is 13.7. The van der Waals surface area contributed by atoms with Gasteiger partial charge in [-0.3, -0.25) is 10.1 Å². The summed E-state index contributed by atoms with van der Waals surface area (Å²) < 4.78 is 0. The van der Waals surface area contributed by atoms with Crippen LogP contribution in [0.15, 0.2) is 71.8 Å². The summed E-state index contributed by atoms with van der Waals surface area (Å²) >= 11 is 1.46. The second-order valence-corrected chi connectivity index (χ2v) is 10.8. The highest BCUT2D eigenvalue weighted by molar-refractivity contribution is 8.02. The monoisotopic (exact) mass is 514 g/mol. The number of benzene rings is 3. The van der Waals surface area contributed by atoms with E-state index in [0.717, 1.165) is 42.8 Å². The van der Waals surface area contributed by atoms with E-state index < -0.39 is 4.99 Å². The number of rotatable bonds is 11. The van der Waals surface area contributed by atoms with Gasteiger partial charge in [-0.15, -0.1) is 0 Å². The molecular weight excluding hydrogens is 480 g/mol. The molecule has 1 aliphatic heterocycles. The van der Waals surface area contributed by atoms with E-state index in [1.54, 1.807) is 6.07 Å². The summed E-state index contributed by atoms with van der Waals surface area (Å²) in [4.78, 5) is 17.6. The average Bonchev–Trinajstić information content (AvgIpc) is 3.48. The molecule has 0 spiro atoms. The van der Waals surface area contributed by atoms with E-state index in [0.29, 0.717) is 13.1 Å². The number of hydrogen-bond donors (Lipinski definition) is 4. The van der Waals surface area contributed by atoms with Gasteiger partial charge in [-0.25, -0.2) is 0 Å². The van der Waals surface area contributed by atoms with Crippen LogP contribution in [-0.4, -0.2) is 41.0 Å². The van der Waals surface area contributed by atoms with Crippen LogP contribution >= 0.6 is 11.8 Å². The Kier molecular flexibility index (Phi) is 7.55. The smallest absolute Gasteiger partial charge is 0.201 e. The molecule has 6 nitrogen and oxygen atoms in total. The Labute approximate surface area is 222 Å². The van der Waals surface area contributed by atoms with Gasteiger partial charge in [0.25, 0.3) is 0 Å². The maximum absolute atomic E-state index is 12.2. The average molecular weight is 515 g/mol. The Morgan fingerprint density at radius 3 is 2.59 bits per heavy atom. The molecule has 0 radical (unpaired) electrons. The summed E-state index contributed by atoms with van der Waals surface area (Å²) in [5.41, 5.74) is 7.07. The highest BCUT2D eigenvalue weighted by Gasteiger charge is 2.45. The molecule has 5 rings (SSSR count). The maximum atomic E-state index is 12.2. The molecule has 7 heteroatoms. The second kappa shape index (κ2) is 11.0. The van der Waals surface area contributed by atoms with Crippen molar-refractivity contribution in [2.24, 2.45) is 0 Å². The number of phenolic OH excluding ortho intramolecular Hbond substituents is 1. The van der Waals surface area contributed by atoms with Crippen molar-refractivity contribution < 1.29 is 9.90 Å². The molecule has 0 fully saturated rings. The van der Waals surface area contributed by atoms with E-state index in [1.165, 1.54) is 44.9 Å². The van der Waals surface area contributed by atoms with E-state index in [9.17, 15) is 9.90 Å². The van der Waals surface area contributed by atoms with Gasteiger partial charge in [-0.05, 0) is 67.6 Å². The van der Waals surface area contributed by atoms with Crippen molar-refractivity contribution in [1.29, 1.82) is 0 Å². The van der Waals surface area contributed by atoms with Crippen molar-refractivity contribution in [3.05, 3.63) is 89.1 Å². The lowest BCUT2D eigenvalue weighted by atomic mass is 10.1. The zero-order chi connectivity index (χ0) is 25.8. The van der Waals surface area contributed by atoms with Crippen LogP contribution in [0.4, 0.5) is 5.69 Å². The lowest BCUT2D eigenvalue weighted by molar-refractivity contribution is -0.110. The number of carbonyl (C=O) groups excluding carboxylic acids is 1. The minimum absolute atomic E-state index is 0.207. The molecule has 1 aliphatic rings. The zero-order valence-corrected chi connectivity index (χ0v) is 22.2. The molecular formula is C30H34N4O2S. The van der Waals surface area contributed by atoms with Gasteiger partial charge in [0.05, 0.1) is 5.69 Å². The number of aromatic nitrogens is 1. The van der Waals surface area contributed by atoms with Gasteiger partial charge in [0.2, 0.25) is 4.99 Å². The fraction of sp³-hybridized carbons (Fsp3) is 0.300. The van der Waals surface area contributed by atoms with E-state index in [-0.39, 0.29) is 5.75 Å². The van der Waals surface area contributed by atoms with Crippen LogP contribution in [0.2, 0.25) is 0 Å². The number of para-hydroxylation sites is 2. The van der Waals surface area contributed by atoms with Crippen molar-refractivity contribution in [1.82, 2.24) is 15.6 Å². The van der Waals surface area contributed by atoms with E-state index in [1.807, 2.05) is 24.0 Å². The molecule has 2 heterocycles. The molecule has 1 unspecified atom stereocenters. The molecule has 3 aromatic carbocycles. The van der Waals surface area contributed by atoms with Gasteiger partial charge in [0, 0.05) is 41.6 Å². The number of aromatic amines is 1. The third-order valence-corrected chi connectivity index (χ3v) is 8.44. The van der Waals surface area contributed by atoms with Crippen LogP contribution in [0.1, 0.15) is 29.2 Å². The SMILES string of the molecule is CCN1c2c(O)cccc2SC1(C=O)NCCc1ccc(CNCCc2c[nH]c3c(C)cccc23)cc1. The number of anilines is 1. The normalized spacial score (nSPS) is 16.9. The molecule has 0 bridgehead atoms. The number of carbonyl (C=O) groups is 1. The molecule has 37 heavy (non-hydrogen) atoms. The Morgan fingerprint density at radius 2 is 1.81 bits per heavy atom. The van der Waals surface area contributed by atoms with Crippen LogP contribution < -0.4 is 15.5 Å². The van der Waals surface area contributed by atoms with Crippen molar-refractivity contribution in [3.8, 4) is 5.75 Å². The predicted molar refractivity (Wildman–Crippen MR) is 152 cm³/mol. The van der Waals surface area contributed by atoms with Gasteiger partial charge in [0.1, 0.15) is 5.75 Å². The fourth-order valence-corrected chi connectivity index (χ4v) is 6.49. The maximum Gasteiger partial charge on any atom is 0.201 e. The summed E-state index contributed by atoms with van der Waals surface area (Å²) in [6.07, 6.45) is 4.87. The molecule has 192 valence electrons. The number of aromatic hydroxyl groups is 1. The third-order valence-electron chi connectivity index (χ3n) is 7.11. The van der Waals surface area contributed by atoms with Crippen molar-refractivity contribution in [3.63, 3.8) is 0 Å². The topological polar surface area (TPSA) is 80.4 Å². The summed E-state index contributed by atoms with van der Waals surface area (Å²) in [5, 5.41) is 18.7. The molecule has 4 aromatic rings. The predicted octanol–water partition coefficient (Wildman–Crippen LogP) is 5.13. The molecule has 0 amide bonds. The summed E-state index contributed by atoms with van der Waals surface area (Å²) in [6, 6.07) is 20.5. The quantitative estimate of drug-likeness (QED) is 0.164. The third kappa shape index (κ3) is 5.12. The standard InChI is InChI=1S/C30H34N4O2S/c1-3-34-29-26(36)8-5-9-27(29)37-30(34,20-35)33-17-14-22-10-12-23(13-11-22)18-31-16-15-24-19-32-28-21(2)6-4-7-25(24)28/h4-13,19-20,31-33,36H,3,14-18H2,1-2H3. The number of hydrogen-bond acceptors (Lipinski definition) is 6. The summed E-state index contributed by atoms with van der Waals surface area (Å²) in [7, 11) is 0. The number of phenols is 1. The van der Waals surface area contributed by atoms with Gasteiger partial charge >= 0.3 is 0 Å². The Morgan fingerprint density at radius 1 is 1.03 bits per heavy atom. The van der Waals surface area contributed by atoms with E-state index >= 15 is 0 Å². The van der Waals surface area contributed by atoms with Crippen molar-refractivity contribution in [2.75, 3.05) is 24.5 Å². The van der Waals surface area contributed by atoms with Gasteiger partial charge in [-0.2, -0.15) is 0 Å². The molecule has 0 saturated carbocycles. The number of fused-ring (bicyclic) bond motifs is 2. The summed E-state index contributed by atoms with van der Waals surface area (Å²) in [5.74, 6) is 0.207. The fourth-order valence-electron chi connectivity index (χ4n) is 5.14. The van der Waals surface area contributed by atoms with Crippen molar-refractivity contribution >= 4 is 34.6 Å². The van der Waals surface area contributed by atoms with Gasteiger partial charge in [-0.1, -0.05) is 60.3 Å². The number of nitrogens with zero attached hydrogens (tertiary/aromatic N) is 1. The van der Waals surface area contributed by atoms with Crippen LogP contribution in [-0.2, 0) is 24.2 Å². The van der Waals surface area contributed by atoms with E-state index in [2.05, 4.69) is 71.2 Å². The number of likely N-dealkylation sites (N-methyl/N-ethyl adjacent to an activating group) is 1. The molecule has 4 N–H and O–H groups in total. The van der Waals surface area contributed by atoms with Gasteiger partial charge in [0.15, 0.2) is 6.29 Å². The Hall–Kier alpha value is -3.26. The van der Waals surface area contributed by atoms with Crippen LogP contribution in [0.25, 0.3) is 10.9 Å². The molecule has 0 saturated heterocycles. The van der Waals surface area contributed by atoms with Gasteiger partial charge < -0.3 is 20.3 Å². The highest BCUT2D eigenvalue weighted by Crippen LogP contribution is 2.51. The largest absolute Gasteiger partial charge is 0.506 e.